The van der Waals surface area contributed by atoms with Crippen molar-refractivity contribution >= 4 is 11.8 Å². The third-order valence-corrected chi connectivity index (χ3v) is 5.72. The first-order chi connectivity index (χ1) is 11.6. The van der Waals surface area contributed by atoms with Crippen LogP contribution in [0.1, 0.15) is 39.5 Å². The molecule has 0 radical (unpaired) electrons. The molecular formula is C18H31N3O3. The van der Waals surface area contributed by atoms with Crippen LogP contribution in [0.15, 0.2) is 0 Å². The molecule has 3 aliphatic rings. The van der Waals surface area contributed by atoms with E-state index in [-0.39, 0.29) is 17.9 Å². The summed E-state index contributed by atoms with van der Waals surface area (Å²) in [5, 5.41) is 0. The molecule has 2 amide bonds. The van der Waals surface area contributed by atoms with Crippen molar-refractivity contribution in [3.8, 4) is 0 Å². The predicted molar refractivity (Wildman–Crippen MR) is 91.6 cm³/mol. The lowest BCUT2D eigenvalue weighted by molar-refractivity contribution is -0.147. The fourth-order valence-electron chi connectivity index (χ4n) is 4.04. The largest absolute Gasteiger partial charge is 0.368 e. The Morgan fingerprint density at radius 1 is 0.875 bits per heavy atom. The monoisotopic (exact) mass is 337 g/mol. The summed E-state index contributed by atoms with van der Waals surface area (Å²) in [4.78, 5) is 31.4. The smallest absolute Gasteiger partial charge is 0.251 e. The van der Waals surface area contributed by atoms with E-state index < -0.39 is 0 Å². The van der Waals surface area contributed by atoms with Crippen LogP contribution < -0.4 is 0 Å². The van der Waals surface area contributed by atoms with Crippen LogP contribution in [-0.2, 0) is 14.3 Å². The van der Waals surface area contributed by atoms with E-state index in [1.807, 2.05) is 9.80 Å². The van der Waals surface area contributed by atoms with Gasteiger partial charge >= 0.3 is 0 Å². The Balaban J connectivity index is 1.44. The van der Waals surface area contributed by atoms with Crippen molar-refractivity contribution in [2.45, 2.75) is 51.7 Å². The summed E-state index contributed by atoms with van der Waals surface area (Å²) in [7, 11) is 0. The van der Waals surface area contributed by atoms with Gasteiger partial charge in [0.2, 0.25) is 5.91 Å². The molecule has 0 aliphatic carbocycles. The minimum atomic E-state index is -0.243. The Morgan fingerprint density at radius 2 is 1.46 bits per heavy atom. The average Bonchev–Trinajstić information content (AvgIpc) is 3.15. The molecule has 0 spiro atoms. The molecule has 0 aromatic carbocycles. The molecule has 6 nitrogen and oxygen atoms in total. The summed E-state index contributed by atoms with van der Waals surface area (Å²) >= 11 is 0. The number of carbonyl (C=O) groups is 2. The highest BCUT2D eigenvalue weighted by molar-refractivity contribution is 5.82. The minimum absolute atomic E-state index is 0.116. The maximum Gasteiger partial charge on any atom is 0.251 e. The number of rotatable bonds is 3. The quantitative estimate of drug-likeness (QED) is 0.770. The van der Waals surface area contributed by atoms with Crippen LogP contribution in [0.4, 0.5) is 0 Å². The highest BCUT2D eigenvalue weighted by Crippen LogP contribution is 2.22. The predicted octanol–water partition coefficient (Wildman–Crippen LogP) is 0.957. The van der Waals surface area contributed by atoms with Gasteiger partial charge in [0.25, 0.3) is 5.91 Å². The summed E-state index contributed by atoms with van der Waals surface area (Å²) in [6, 6.07) is 0.563. The molecule has 0 N–H and O–H groups in total. The second-order valence-electron chi connectivity index (χ2n) is 7.56. The second kappa shape index (κ2) is 7.83. The SMILES string of the molecule is CC(C)N1CCC(C(=O)N2CCN(C(=O)[C@@H]3CCCO3)CC2)CC1. The third-order valence-electron chi connectivity index (χ3n) is 5.72. The molecule has 0 bridgehead atoms. The maximum atomic E-state index is 12.7. The first-order valence-electron chi connectivity index (χ1n) is 9.49. The van der Waals surface area contributed by atoms with Gasteiger partial charge in [-0.1, -0.05) is 0 Å². The van der Waals surface area contributed by atoms with Crippen molar-refractivity contribution in [3.05, 3.63) is 0 Å². The molecule has 24 heavy (non-hydrogen) atoms. The first kappa shape index (κ1) is 17.7. The number of hydrogen-bond donors (Lipinski definition) is 0. The summed E-state index contributed by atoms with van der Waals surface area (Å²) < 4.78 is 5.49. The fourth-order valence-corrected chi connectivity index (χ4v) is 4.04. The maximum absolute atomic E-state index is 12.7. The van der Waals surface area contributed by atoms with Gasteiger partial charge in [-0.25, -0.2) is 0 Å². The number of amides is 2. The van der Waals surface area contributed by atoms with E-state index in [2.05, 4.69) is 18.7 Å². The van der Waals surface area contributed by atoms with Gasteiger partial charge in [0.05, 0.1) is 0 Å². The average molecular weight is 337 g/mol. The standard InChI is InChI=1S/C18H31N3O3/c1-14(2)19-7-5-15(6-8-19)17(22)20-9-11-21(12-10-20)18(23)16-4-3-13-24-16/h14-16H,3-13H2,1-2H3/t16-/m0/s1. The molecule has 136 valence electrons. The number of likely N-dealkylation sites (tertiary alicyclic amines) is 1. The number of nitrogens with zero attached hydrogens (tertiary/aromatic N) is 3. The van der Waals surface area contributed by atoms with Gasteiger partial charge in [-0.05, 0) is 52.6 Å². The highest BCUT2D eigenvalue weighted by Gasteiger charge is 2.34. The summed E-state index contributed by atoms with van der Waals surface area (Å²) in [5.74, 6) is 0.577. The van der Waals surface area contributed by atoms with Gasteiger partial charge in [-0.15, -0.1) is 0 Å². The van der Waals surface area contributed by atoms with Crippen LogP contribution in [-0.4, -0.2) is 84.5 Å². The van der Waals surface area contributed by atoms with Crippen LogP contribution in [0, 0.1) is 5.92 Å². The number of hydrogen-bond acceptors (Lipinski definition) is 4. The van der Waals surface area contributed by atoms with Gasteiger partial charge in [-0.3, -0.25) is 9.59 Å². The number of piperidine rings is 1. The molecule has 3 heterocycles. The second-order valence-corrected chi connectivity index (χ2v) is 7.56. The molecule has 0 aromatic rings. The van der Waals surface area contributed by atoms with Gasteiger partial charge in [-0.2, -0.15) is 0 Å². The summed E-state index contributed by atoms with van der Waals surface area (Å²) in [5.41, 5.74) is 0. The summed E-state index contributed by atoms with van der Waals surface area (Å²) in [6.45, 7) is 9.80. The van der Waals surface area contributed by atoms with Crippen LogP contribution in [0.5, 0.6) is 0 Å². The van der Waals surface area contributed by atoms with Crippen LogP contribution in [0.2, 0.25) is 0 Å². The lowest BCUT2D eigenvalue weighted by atomic mass is 9.94. The van der Waals surface area contributed by atoms with E-state index >= 15 is 0 Å². The molecule has 0 unspecified atom stereocenters. The topological polar surface area (TPSA) is 53.1 Å². The van der Waals surface area contributed by atoms with Crippen molar-refractivity contribution in [1.29, 1.82) is 0 Å². The van der Waals surface area contributed by atoms with E-state index in [0.29, 0.717) is 44.7 Å². The first-order valence-corrected chi connectivity index (χ1v) is 9.49. The molecule has 0 saturated carbocycles. The van der Waals surface area contributed by atoms with Crippen molar-refractivity contribution in [3.63, 3.8) is 0 Å². The van der Waals surface area contributed by atoms with Crippen LogP contribution in [0.3, 0.4) is 0 Å². The van der Waals surface area contributed by atoms with Crippen LogP contribution >= 0.6 is 0 Å². The molecule has 0 aromatic heterocycles. The molecule has 3 aliphatic heterocycles. The van der Waals surface area contributed by atoms with Gasteiger partial charge in [0, 0.05) is 44.7 Å². The van der Waals surface area contributed by atoms with E-state index in [1.54, 1.807) is 0 Å². The van der Waals surface area contributed by atoms with Gasteiger partial charge < -0.3 is 19.4 Å². The zero-order valence-electron chi connectivity index (χ0n) is 15.1. The lowest BCUT2D eigenvalue weighted by Gasteiger charge is -2.39. The molecule has 1 atom stereocenters. The van der Waals surface area contributed by atoms with Crippen molar-refractivity contribution in [2.24, 2.45) is 5.92 Å². The normalized spacial score (nSPS) is 27.0. The molecule has 3 fully saturated rings. The fraction of sp³-hybridized carbons (Fsp3) is 0.889. The third kappa shape index (κ3) is 3.91. The Labute approximate surface area is 145 Å². The Bertz CT molecular complexity index is 446. The zero-order valence-corrected chi connectivity index (χ0v) is 15.1. The zero-order chi connectivity index (χ0) is 17.1. The Hall–Kier alpha value is -1.14. The molecular weight excluding hydrogens is 306 g/mol. The Morgan fingerprint density at radius 3 is 1.96 bits per heavy atom. The lowest BCUT2D eigenvalue weighted by Crippen LogP contribution is -2.54. The van der Waals surface area contributed by atoms with Gasteiger partial charge in [0.1, 0.15) is 6.10 Å². The van der Waals surface area contributed by atoms with Crippen LogP contribution in [0.25, 0.3) is 0 Å². The minimum Gasteiger partial charge on any atom is -0.368 e. The number of carbonyl (C=O) groups excluding carboxylic acids is 2. The highest BCUT2D eigenvalue weighted by atomic mass is 16.5. The molecule has 3 rings (SSSR count). The number of ether oxygens (including phenoxy) is 1. The van der Waals surface area contributed by atoms with Crippen molar-refractivity contribution in [2.75, 3.05) is 45.9 Å². The number of piperazine rings is 1. The summed E-state index contributed by atoms with van der Waals surface area (Å²) in [6.07, 6.45) is 3.50. The van der Waals surface area contributed by atoms with E-state index in [9.17, 15) is 9.59 Å². The van der Waals surface area contributed by atoms with E-state index in [1.165, 1.54) is 0 Å². The van der Waals surface area contributed by atoms with Crippen molar-refractivity contribution < 1.29 is 14.3 Å². The van der Waals surface area contributed by atoms with Crippen molar-refractivity contribution in [1.82, 2.24) is 14.7 Å². The van der Waals surface area contributed by atoms with Gasteiger partial charge in [0.15, 0.2) is 0 Å². The molecule has 3 saturated heterocycles. The Kier molecular flexibility index (Phi) is 5.76. The molecule has 6 heteroatoms. The van der Waals surface area contributed by atoms with E-state index in [0.717, 1.165) is 38.8 Å². The van der Waals surface area contributed by atoms with E-state index in [4.69, 9.17) is 4.74 Å².